The van der Waals surface area contributed by atoms with E-state index in [1.165, 1.54) is 5.56 Å². The maximum Gasteiger partial charge on any atom is 0.257 e. The van der Waals surface area contributed by atoms with Gasteiger partial charge in [-0.25, -0.2) is 4.68 Å². The SMILES string of the molecule is O=C(c1cnn(-c2ccccc2)c1)N1CCN(Cc2ccc3c(c2)OCO3)CC1. The number of ether oxygens (including phenoxy) is 2. The fourth-order valence-corrected chi connectivity index (χ4v) is 3.74. The van der Waals surface area contributed by atoms with Gasteiger partial charge in [-0.15, -0.1) is 0 Å². The third-order valence-corrected chi connectivity index (χ3v) is 5.35. The second-order valence-corrected chi connectivity index (χ2v) is 7.27. The quantitative estimate of drug-likeness (QED) is 0.685. The highest BCUT2D eigenvalue weighted by molar-refractivity contribution is 5.93. The smallest absolute Gasteiger partial charge is 0.257 e. The van der Waals surface area contributed by atoms with E-state index in [1.807, 2.05) is 47.4 Å². The van der Waals surface area contributed by atoms with E-state index in [0.29, 0.717) is 25.4 Å². The van der Waals surface area contributed by atoms with Crippen LogP contribution in [0, 0.1) is 0 Å². The molecule has 2 aromatic carbocycles. The zero-order valence-corrected chi connectivity index (χ0v) is 16.0. The summed E-state index contributed by atoms with van der Waals surface area (Å²) in [5, 5.41) is 4.34. The first-order valence-corrected chi connectivity index (χ1v) is 9.76. The number of carbonyl (C=O) groups is 1. The van der Waals surface area contributed by atoms with Gasteiger partial charge in [0.15, 0.2) is 11.5 Å². The van der Waals surface area contributed by atoms with Crippen molar-refractivity contribution < 1.29 is 14.3 Å². The second-order valence-electron chi connectivity index (χ2n) is 7.27. The number of amides is 1. The first-order chi connectivity index (χ1) is 14.3. The van der Waals surface area contributed by atoms with E-state index in [0.717, 1.165) is 36.8 Å². The molecule has 0 saturated carbocycles. The highest BCUT2D eigenvalue weighted by atomic mass is 16.7. The Morgan fingerprint density at radius 1 is 0.966 bits per heavy atom. The minimum absolute atomic E-state index is 0.0370. The Hall–Kier alpha value is -3.32. The van der Waals surface area contributed by atoms with Crippen molar-refractivity contribution in [2.24, 2.45) is 0 Å². The largest absolute Gasteiger partial charge is 0.454 e. The lowest BCUT2D eigenvalue weighted by molar-refractivity contribution is 0.0628. The summed E-state index contributed by atoms with van der Waals surface area (Å²) in [4.78, 5) is 17.1. The fraction of sp³-hybridized carbons (Fsp3) is 0.273. The van der Waals surface area contributed by atoms with Crippen molar-refractivity contribution in [1.82, 2.24) is 19.6 Å². The molecule has 0 N–H and O–H groups in total. The van der Waals surface area contributed by atoms with Gasteiger partial charge in [0.2, 0.25) is 6.79 Å². The van der Waals surface area contributed by atoms with Crippen molar-refractivity contribution in [2.45, 2.75) is 6.54 Å². The zero-order valence-electron chi connectivity index (χ0n) is 16.0. The van der Waals surface area contributed by atoms with Gasteiger partial charge < -0.3 is 14.4 Å². The molecule has 29 heavy (non-hydrogen) atoms. The summed E-state index contributed by atoms with van der Waals surface area (Å²) in [6.07, 6.45) is 3.45. The fourth-order valence-electron chi connectivity index (χ4n) is 3.74. The zero-order chi connectivity index (χ0) is 19.6. The monoisotopic (exact) mass is 390 g/mol. The van der Waals surface area contributed by atoms with Crippen LogP contribution in [0.3, 0.4) is 0 Å². The van der Waals surface area contributed by atoms with E-state index in [2.05, 4.69) is 16.1 Å². The molecule has 2 aliphatic heterocycles. The first-order valence-electron chi connectivity index (χ1n) is 9.76. The minimum atomic E-state index is 0.0370. The van der Waals surface area contributed by atoms with Gasteiger partial charge in [-0.2, -0.15) is 5.10 Å². The Morgan fingerprint density at radius 3 is 2.59 bits per heavy atom. The number of aromatic nitrogens is 2. The molecule has 3 heterocycles. The van der Waals surface area contributed by atoms with Gasteiger partial charge >= 0.3 is 0 Å². The maximum absolute atomic E-state index is 12.9. The van der Waals surface area contributed by atoms with Gasteiger partial charge in [-0.3, -0.25) is 9.69 Å². The van der Waals surface area contributed by atoms with Gasteiger partial charge in [-0.05, 0) is 29.8 Å². The van der Waals surface area contributed by atoms with Crippen molar-refractivity contribution in [3.8, 4) is 17.2 Å². The lowest BCUT2D eigenvalue weighted by Gasteiger charge is -2.34. The Kier molecular flexibility index (Phi) is 4.65. The number of carbonyl (C=O) groups excluding carboxylic acids is 1. The molecule has 1 saturated heterocycles. The average molecular weight is 390 g/mol. The van der Waals surface area contributed by atoms with Crippen LogP contribution in [0.5, 0.6) is 11.5 Å². The number of rotatable bonds is 4. The molecule has 5 rings (SSSR count). The molecule has 0 bridgehead atoms. The lowest BCUT2D eigenvalue weighted by Crippen LogP contribution is -2.48. The summed E-state index contributed by atoms with van der Waals surface area (Å²) in [7, 11) is 0. The van der Waals surface area contributed by atoms with Crippen LogP contribution in [-0.4, -0.2) is 58.5 Å². The van der Waals surface area contributed by atoms with Gasteiger partial charge in [0.25, 0.3) is 5.91 Å². The van der Waals surface area contributed by atoms with Crippen LogP contribution < -0.4 is 9.47 Å². The van der Waals surface area contributed by atoms with E-state index in [4.69, 9.17) is 9.47 Å². The average Bonchev–Trinajstić information content (AvgIpc) is 3.44. The molecule has 0 atom stereocenters. The number of piperazine rings is 1. The van der Waals surface area contributed by atoms with Gasteiger partial charge in [-0.1, -0.05) is 24.3 Å². The van der Waals surface area contributed by atoms with Crippen LogP contribution in [-0.2, 0) is 6.54 Å². The topological polar surface area (TPSA) is 59.8 Å². The maximum atomic E-state index is 12.9. The molecule has 0 radical (unpaired) electrons. The van der Waals surface area contributed by atoms with Crippen LogP contribution in [0.25, 0.3) is 5.69 Å². The van der Waals surface area contributed by atoms with Gasteiger partial charge in [0.1, 0.15) is 0 Å². The van der Waals surface area contributed by atoms with Crippen molar-refractivity contribution in [3.05, 3.63) is 72.1 Å². The molecule has 0 spiro atoms. The van der Waals surface area contributed by atoms with Crippen LogP contribution in [0.4, 0.5) is 0 Å². The number of fused-ring (bicyclic) bond motifs is 1. The highest BCUT2D eigenvalue weighted by Gasteiger charge is 2.24. The minimum Gasteiger partial charge on any atom is -0.454 e. The third kappa shape index (κ3) is 3.69. The summed E-state index contributed by atoms with van der Waals surface area (Å²) in [5.41, 5.74) is 2.76. The van der Waals surface area contributed by atoms with Crippen molar-refractivity contribution in [3.63, 3.8) is 0 Å². The van der Waals surface area contributed by atoms with E-state index in [1.54, 1.807) is 17.1 Å². The normalized spacial score (nSPS) is 16.2. The summed E-state index contributed by atoms with van der Waals surface area (Å²) >= 11 is 0. The number of nitrogens with zero attached hydrogens (tertiary/aromatic N) is 4. The van der Waals surface area contributed by atoms with E-state index in [-0.39, 0.29) is 5.91 Å². The summed E-state index contributed by atoms with van der Waals surface area (Å²) in [5.74, 6) is 1.65. The Balaban J connectivity index is 1.18. The first kappa shape index (κ1) is 17.8. The third-order valence-electron chi connectivity index (χ3n) is 5.35. The van der Waals surface area contributed by atoms with Crippen LogP contribution in [0.2, 0.25) is 0 Å². The van der Waals surface area contributed by atoms with Crippen molar-refractivity contribution in [2.75, 3.05) is 33.0 Å². The molecule has 7 heteroatoms. The van der Waals surface area contributed by atoms with Crippen molar-refractivity contribution >= 4 is 5.91 Å². The summed E-state index contributed by atoms with van der Waals surface area (Å²) in [6.45, 7) is 4.23. The summed E-state index contributed by atoms with van der Waals surface area (Å²) in [6, 6.07) is 15.9. The second kappa shape index (κ2) is 7.60. The number of hydrogen-bond acceptors (Lipinski definition) is 5. The highest BCUT2D eigenvalue weighted by Crippen LogP contribution is 2.32. The molecule has 1 fully saturated rings. The number of para-hydroxylation sites is 1. The molecule has 2 aliphatic rings. The van der Waals surface area contributed by atoms with Crippen LogP contribution in [0.15, 0.2) is 60.9 Å². The van der Waals surface area contributed by atoms with E-state index in [9.17, 15) is 4.79 Å². The predicted octanol–water partition coefficient (Wildman–Crippen LogP) is 2.56. The molecule has 148 valence electrons. The Bertz CT molecular complexity index is 1010. The van der Waals surface area contributed by atoms with Crippen LogP contribution in [0.1, 0.15) is 15.9 Å². The Labute approximate surface area is 169 Å². The number of hydrogen-bond donors (Lipinski definition) is 0. The molecule has 3 aromatic rings. The molecule has 7 nitrogen and oxygen atoms in total. The lowest BCUT2D eigenvalue weighted by atomic mass is 10.1. The molecule has 0 aliphatic carbocycles. The van der Waals surface area contributed by atoms with Gasteiger partial charge in [0.05, 0.1) is 17.4 Å². The molecule has 0 unspecified atom stereocenters. The molecular weight excluding hydrogens is 368 g/mol. The van der Waals surface area contributed by atoms with Gasteiger partial charge in [0, 0.05) is 38.9 Å². The summed E-state index contributed by atoms with van der Waals surface area (Å²) < 4.78 is 12.6. The Morgan fingerprint density at radius 2 is 1.76 bits per heavy atom. The van der Waals surface area contributed by atoms with Crippen LogP contribution >= 0.6 is 0 Å². The molecule has 1 amide bonds. The predicted molar refractivity (Wildman–Crippen MR) is 107 cm³/mol. The number of benzene rings is 2. The standard InChI is InChI=1S/C22H22N4O3/c27-22(18-13-23-26(15-18)19-4-2-1-3-5-19)25-10-8-24(9-11-25)14-17-6-7-20-21(12-17)29-16-28-20/h1-7,12-13,15H,8-11,14,16H2. The van der Waals surface area contributed by atoms with E-state index < -0.39 is 0 Å². The molecule has 1 aromatic heterocycles. The molecular formula is C22H22N4O3. The van der Waals surface area contributed by atoms with Crippen molar-refractivity contribution in [1.29, 1.82) is 0 Å². The van der Waals surface area contributed by atoms with E-state index >= 15 is 0 Å².